The second kappa shape index (κ2) is 8.65. The lowest BCUT2D eigenvalue weighted by atomic mass is 9.92. The summed E-state index contributed by atoms with van der Waals surface area (Å²) >= 11 is 5.48. The third-order valence-corrected chi connectivity index (χ3v) is 5.13. The van der Waals surface area contributed by atoms with Crippen molar-refractivity contribution in [3.63, 3.8) is 0 Å². The first-order valence-electron chi connectivity index (χ1n) is 9.64. The maximum absolute atomic E-state index is 5.48. The number of thiocarbonyl (C=S) groups is 1. The quantitative estimate of drug-likeness (QED) is 0.767. The first-order valence-corrected chi connectivity index (χ1v) is 10.0. The summed E-state index contributed by atoms with van der Waals surface area (Å²) in [5, 5.41) is 6.99. The predicted molar refractivity (Wildman–Crippen MR) is 116 cm³/mol. The van der Waals surface area contributed by atoms with Gasteiger partial charge >= 0.3 is 0 Å². The largest absolute Gasteiger partial charge is 0.356 e. The van der Waals surface area contributed by atoms with Gasteiger partial charge in [-0.2, -0.15) is 4.98 Å². The summed E-state index contributed by atoms with van der Waals surface area (Å²) < 4.78 is 0. The summed E-state index contributed by atoms with van der Waals surface area (Å²) in [5.41, 5.74) is 2.12. The van der Waals surface area contributed by atoms with Crippen LogP contribution < -0.4 is 15.5 Å². The van der Waals surface area contributed by atoms with E-state index in [-0.39, 0.29) is 6.04 Å². The lowest BCUT2D eigenvalue weighted by Gasteiger charge is -2.36. The number of nitrogens with one attached hydrogen (secondary N) is 2. The first-order chi connectivity index (χ1) is 12.9. The summed E-state index contributed by atoms with van der Waals surface area (Å²) in [7, 11) is 0. The SMILES string of the molecule is Cc1cc(N2C[C@H](C)C[C@@H](C)C2)nc(NC(=S)N[C@H](C)c2ccccc2)n1. The predicted octanol–water partition coefficient (Wildman–Crippen LogP) is 4.31. The third kappa shape index (κ3) is 5.39. The molecule has 2 heterocycles. The van der Waals surface area contributed by atoms with Gasteiger partial charge in [0.15, 0.2) is 5.11 Å². The average Bonchev–Trinajstić information content (AvgIpc) is 2.61. The van der Waals surface area contributed by atoms with Crippen LogP contribution in [0.3, 0.4) is 0 Å². The van der Waals surface area contributed by atoms with Gasteiger partial charge in [0.05, 0.1) is 6.04 Å². The molecule has 1 aromatic heterocycles. The summed E-state index contributed by atoms with van der Waals surface area (Å²) in [6.07, 6.45) is 1.27. The standard InChI is InChI=1S/C21H29N5S/c1-14-10-15(2)13-26(12-14)19-11-16(3)22-20(24-19)25-21(27)23-17(4)18-8-6-5-7-9-18/h5-9,11,14-15,17H,10,12-13H2,1-4H3,(H2,22,23,24,25,27)/t14-,15-,17-/m1/s1. The van der Waals surface area contributed by atoms with E-state index in [9.17, 15) is 0 Å². The van der Waals surface area contributed by atoms with Crippen LogP contribution in [0.1, 0.15) is 44.5 Å². The topological polar surface area (TPSA) is 53.1 Å². The van der Waals surface area contributed by atoms with E-state index in [2.05, 4.69) is 59.5 Å². The molecule has 5 nitrogen and oxygen atoms in total. The van der Waals surface area contributed by atoms with Crippen LogP contribution in [0.4, 0.5) is 11.8 Å². The van der Waals surface area contributed by atoms with Crippen molar-refractivity contribution in [3.8, 4) is 0 Å². The molecule has 1 fully saturated rings. The number of piperidine rings is 1. The van der Waals surface area contributed by atoms with Crippen molar-refractivity contribution in [2.45, 2.75) is 40.2 Å². The van der Waals surface area contributed by atoms with E-state index >= 15 is 0 Å². The fourth-order valence-corrected chi connectivity index (χ4v) is 4.05. The van der Waals surface area contributed by atoms with Gasteiger partial charge in [-0.25, -0.2) is 4.98 Å². The minimum Gasteiger partial charge on any atom is -0.356 e. The van der Waals surface area contributed by atoms with Crippen LogP contribution >= 0.6 is 12.2 Å². The maximum Gasteiger partial charge on any atom is 0.231 e. The Kier molecular flexibility index (Phi) is 6.26. The lowest BCUT2D eigenvalue weighted by molar-refractivity contribution is 0.355. The molecule has 1 saturated heterocycles. The van der Waals surface area contributed by atoms with E-state index < -0.39 is 0 Å². The highest BCUT2D eigenvalue weighted by molar-refractivity contribution is 7.80. The molecule has 0 spiro atoms. The van der Waals surface area contributed by atoms with Crippen LogP contribution in [-0.4, -0.2) is 28.2 Å². The molecular weight excluding hydrogens is 354 g/mol. The van der Waals surface area contributed by atoms with Gasteiger partial charge < -0.3 is 15.5 Å². The van der Waals surface area contributed by atoms with Gasteiger partial charge in [0, 0.05) is 24.8 Å². The number of aromatic nitrogens is 2. The van der Waals surface area contributed by atoms with E-state index in [0.717, 1.165) is 24.6 Å². The van der Waals surface area contributed by atoms with Crippen molar-refractivity contribution in [2.75, 3.05) is 23.3 Å². The van der Waals surface area contributed by atoms with Crippen molar-refractivity contribution in [1.29, 1.82) is 0 Å². The van der Waals surface area contributed by atoms with Gasteiger partial charge in [0.2, 0.25) is 5.95 Å². The molecule has 0 saturated carbocycles. The van der Waals surface area contributed by atoms with E-state index in [0.29, 0.717) is 22.9 Å². The summed E-state index contributed by atoms with van der Waals surface area (Å²) in [6, 6.07) is 12.4. The van der Waals surface area contributed by atoms with E-state index in [1.165, 1.54) is 12.0 Å². The molecule has 0 unspecified atom stereocenters. The molecule has 0 radical (unpaired) electrons. The normalized spacial score (nSPS) is 20.8. The van der Waals surface area contributed by atoms with Crippen LogP contribution in [-0.2, 0) is 0 Å². The molecule has 0 aliphatic carbocycles. The molecule has 1 aliphatic heterocycles. The first kappa shape index (κ1) is 19.5. The zero-order valence-electron chi connectivity index (χ0n) is 16.6. The van der Waals surface area contributed by atoms with Crippen LogP contribution in [0, 0.1) is 18.8 Å². The van der Waals surface area contributed by atoms with Gasteiger partial charge in [0.1, 0.15) is 5.82 Å². The third-order valence-electron chi connectivity index (χ3n) is 4.91. The Morgan fingerprint density at radius 1 is 1.15 bits per heavy atom. The molecule has 0 amide bonds. The maximum atomic E-state index is 5.48. The van der Waals surface area contributed by atoms with Crippen LogP contribution in [0.25, 0.3) is 0 Å². The number of aryl methyl sites for hydroxylation is 1. The molecule has 3 rings (SSSR count). The summed E-state index contributed by atoms with van der Waals surface area (Å²) in [6.45, 7) is 10.8. The molecule has 1 aliphatic rings. The molecule has 144 valence electrons. The average molecular weight is 384 g/mol. The zero-order chi connectivity index (χ0) is 19.4. The molecule has 0 bridgehead atoms. The van der Waals surface area contributed by atoms with Crippen LogP contribution in [0.2, 0.25) is 0 Å². The fraction of sp³-hybridized carbons (Fsp3) is 0.476. The lowest BCUT2D eigenvalue weighted by Crippen LogP contribution is -2.39. The second-order valence-electron chi connectivity index (χ2n) is 7.77. The monoisotopic (exact) mass is 383 g/mol. The number of nitrogens with zero attached hydrogens (tertiary/aromatic N) is 3. The van der Waals surface area contributed by atoms with Crippen molar-refractivity contribution in [3.05, 3.63) is 47.7 Å². The smallest absolute Gasteiger partial charge is 0.231 e. The second-order valence-corrected chi connectivity index (χ2v) is 8.18. The molecule has 3 atom stereocenters. The molecule has 2 aromatic rings. The van der Waals surface area contributed by atoms with Gasteiger partial charge in [-0.3, -0.25) is 0 Å². The Hall–Kier alpha value is -2.21. The van der Waals surface area contributed by atoms with Crippen molar-refractivity contribution in [2.24, 2.45) is 11.8 Å². The highest BCUT2D eigenvalue weighted by atomic mass is 32.1. The van der Waals surface area contributed by atoms with Gasteiger partial charge in [0.25, 0.3) is 0 Å². The Morgan fingerprint density at radius 2 is 1.81 bits per heavy atom. The van der Waals surface area contributed by atoms with E-state index in [1.807, 2.05) is 25.1 Å². The van der Waals surface area contributed by atoms with E-state index in [4.69, 9.17) is 17.2 Å². The van der Waals surface area contributed by atoms with Crippen molar-refractivity contribution < 1.29 is 0 Å². The fourth-order valence-electron chi connectivity index (χ4n) is 3.78. The minimum atomic E-state index is 0.110. The number of benzene rings is 1. The minimum absolute atomic E-state index is 0.110. The van der Waals surface area contributed by atoms with E-state index in [1.54, 1.807) is 0 Å². The van der Waals surface area contributed by atoms with Gasteiger partial charge in [-0.15, -0.1) is 0 Å². The molecule has 1 aromatic carbocycles. The Labute approximate surface area is 167 Å². The Bertz CT molecular complexity index is 769. The number of rotatable bonds is 4. The number of hydrogen-bond acceptors (Lipinski definition) is 4. The Morgan fingerprint density at radius 3 is 2.48 bits per heavy atom. The molecule has 27 heavy (non-hydrogen) atoms. The summed E-state index contributed by atoms with van der Waals surface area (Å²) in [5.74, 6) is 2.88. The van der Waals surface area contributed by atoms with Crippen LogP contribution in [0.15, 0.2) is 36.4 Å². The van der Waals surface area contributed by atoms with Crippen molar-refractivity contribution >= 4 is 29.1 Å². The van der Waals surface area contributed by atoms with Gasteiger partial charge in [-0.1, -0.05) is 44.2 Å². The highest BCUT2D eigenvalue weighted by Gasteiger charge is 2.23. The zero-order valence-corrected chi connectivity index (χ0v) is 17.4. The van der Waals surface area contributed by atoms with Crippen molar-refractivity contribution in [1.82, 2.24) is 15.3 Å². The number of anilines is 2. The molecule has 6 heteroatoms. The van der Waals surface area contributed by atoms with Crippen LogP contribution in [0.5, 0.6) is 0 Å². The highest BCUT2D eigenvalue weighted by Crippen LogP contribution is 2.26. The molecular formula is C21H29N5S. The molecule has 2 N–H and O–H groups in total. The Balaban J connectivity index is 1.68. The number of hydrogen-bond donors (Lipinski definition) is 2. The summed E-state index contributed by atoms with van der Waals surface area (Å²) in [4.78, 5) is 11.6. The van der Waals surface area contributed by atoms with Gasteiger partial charge in [-0.05, 0) is 49.9 Å².